The third kappa shape index (κ3) is 11.9. The number of nitrogens with zero attached hydrogens (tertiary/aromatic N) is 2. The second-order valence-electron chi connectivity index (χ2n) is 7.62. The summed E-state index contributed by atoms with van der Waals surface area (Å²) in [7, 11) is 0. The van der Waals surface area contributed by atoms with Crippen LogP contribution in [0.5, 0.6) is 0 Å². The van der Waals surface area contributed by atoms with Gasteiger partial charge in [-0.15, -0.1) is 0 Å². The molecule has 138 valence electrons. The first-order chi connectivity index (χ1) is 11.0. The van der Waals surface area contributed by atoms with Gasteiger partial charge in [0.05, 0.1) is 18.8 Å². The standard InChI is InChI=1S/C19H40N2O2/c1-5-20-11-8-9-13-21(15-18-22-17-14-20)12-7-6-10-16-23-19(2,3)4/h5-18H2,1-4H3. The highest BCUT2D eigenvalue weighted by Gasteiger charge is 2.10. The summed E-state index contributed by atoms with van der Waals surface area (Å²) >= 11 is 0. The van der Waals surface area contributed by atoms with Crippen molar-refractivity contribution in [3.63, 3.8) is 0 Å². The van der Waals surface area contributed by atoms with Crippen molar-refractivity contribution in [2.75, 3.05) is 59.1 Å². The van der Waals surface area contributed by atoms with Crippen LogP contribution in [-0.4, -0.2) is 74.5 Å². The maximum Gasteiger partial charge on any atom is 0.0598 e. The molecule has 0 aliphatic carbocycles. The molecule has 1 aliphatic rings. The van der Waals surface area contributed by atoms with Crippen LogP contribution < -0.4 is 0 Å². The van der Waals surface area contributed by atoms with E-state index in [9.17, 15) is 0 Å². The third-order valence-electron chi connectivity index (χ3n) is 4.40. The van der Waals surface area contributed by atoms with Gasteiger partial charge in [0, 0.05) is 19.7 Å². The molecule has 1 fully saturated rings. The third-order valence-corrected chi connectivity index (χ3v) is 4.40. The molecule has 0 unspecified atom stereocenters. The Kier molecular flexibility index (Phi) is 11.1. The minimum Gasteiger partial charge on any atom is -0.379 e. The molecule has 0 aromatic carbocycles. The fraction of sp³-hybridized carbons (Fsp3) is 1.00. The number of unbranched alkanes of at least 4 members (excludes halogenated alkanes) is 2. The lowest BCUT2D eigenvalue weighted by molar-refractivity contribution is -0.00494. The van der Waals surface area contributed by atoms with Crippen molar-refractivity contribution in [2.45, 2.75) is 65.4 Å². The molecular weight excluding hydrogens is 288 g/mol. The second-order valence-corrected chi connectivity index (χ2v) is 7.62. The Hall–Kier alpha value is -0.160. The molecule has 4 nitrogen and oxygen atoms in total. The molecular formula is C19H40N2O2. The summed E-state index contributed by atoms with van der Waals surface area (Å²) in [6, 6.07) is 0. The predicted molar refractivity (Wildman–Crippen MR) is 98.2 cm³/mol. The van der Waals surface area contributed by atoms with E-state index in [1.807, 2.05) is 0 Å². The van der Waals surface area contributed by atoms with E-state index in [0.717, 1.165) is 39.5 Å². The summed E-state index contributed by atoms with van der Waals surface area (Å²) in [5.41, 5.74) is 0.00200. The lowest BCUT2D eigenvalue weighted by atomic mass is 10.2. The monoisotopic (exact) mass is 328 g/mol. The highest BCUT2D eigenvalue weighted by Crippen LogP contribution is 2.09. The van der Waals surface area contributed by atoms with Crippen LogP contribution >= 0.6 is 0 Å². The number of hydrogen-bond acceptors (Lipinski definition) is 4. The van der Waals surface area contributed by atoms with E-state index in [4.69, 9.17) is 9.47 Å². The fourth-order valence-electron chi connectivity index (χ4n) is 2.92. The molecule has 0 bridgehead atoms. The molecule has 0 saturated carbocycles. The summed E-state index contributed by atoms with van der Waals surface area (Å²) in [4.78, 5) is 5.09. The maximum atomic E-state index is 5.81. The Labute approximate surface area is 144 Å². The Bertz CT molecular complexity index is 279. The zero-order valence-electron chi connectivity index (χ0n) is 16.1. The predicted octanol–water partition coefficient (Wildman–Crippen LogP) is 3.41. The zero-order valence-corrected chi connectivity index (χ0v) is 16.1. The van der Waals surface area contributed by atoms with Crippen LogP contribution in [0, 0.1) is 0 Å². The average molecular weight is 329 g/mol. The summed E-state index contributed by atoms with van der Waals surface area (Å²) < 4.78 is 11.6. The molecule has 0 radical (unpaired) electrons. The van der Waals surface area contributed by atoms with Crippen LogP contribution in [0.3, 0.4) is 0 Å². The average Bonchev–Trinajstić information content (AvgIpc) is 2.54. The first-order valence-corrected chi connectivity index (χ1v) is 9.67. The molecule has 0 amide bonds. The van der Waals surface area contributed by atoms with Gasteiger partial charge < -0.3 is 19.3 Å². The molecule has 4 heteroatoms. The number of hydrogen-bond donors (Lipinski definition) is 0. The molecule has 0 spiro atoms. The van der Waals surface area contributed by atoms with Gasteiger partial charge in [-0.3, -0.25) is 0 Å². The van der Waals surface area contributed by atoms with E-state index >= 15 is 0 Å². The van der Waals surface area contributed by atoms with Crippen LogP contribution in [0.2, 0.25) is 0 Å². The summed E-state index contributed by atoms with van der Waals surface area (Å²) in [5.74, 6) is 0. The highest BCUT2D eigenvalue weighted by molar-refractivity contribution is 4.63. The minimum atomic E-state index is 0.00200. The maximum absolute atomic E-state index is 5.81. The van der Waals surface area contributed by atoms with Gasteiger partial charge in [-0.05, 0) is 79.1 Å². The van der Waals surface area contributed by atoms with Gasteiger partial charge in [0.2, 0.25) is 0 Å². The Morgan fingerprint density at radius 2 is 1.52 bits per heavy atom. The summed E-state index contributed by atoms with van der Waals surface area (Å²) in [6.45, 7) is 18.2. The van der Waals surface area contributed by atoms with E-state index < -0.39 is 0 Å². The van der Waals surface area contributed by atoms with Crippen molar-refractivity contribution in [2.24, 2.45) is 0 Å². The fourth-order valence-corrected chi connectivity index (χ4v) is 2.92. The van der Waals surface area contributed by atoms with E-state index in [-0.39, 0.29) is 5.60 Å². The molecule has 1 aliphatic heterocycles. The van der Waals surface area contributed by atoms with Gasteiger partial charge in [0.15, 0.2) is 0 Å². The van der Waals surface area contributed by atoms with Crippen LogP contribution in [0.1, 0.15) is 59.8 Å². The van der Waals surface area contributed by atoms with E-state index in [0.29, 0.717) is 0 Å². The van der Waals surface area contributed by atoms with E-state index in [1.54, 1.807) is 0 Å². The number of rotatable bonds is 7. The molecule has 1 saturated heterocycles. The quantitative estimate of drug-likeness (QED) is 0.669. The first-order valence-electron chi connectivity index (χ1n) is 9.67. The Morgan fingerprint density at radius 1 is 0.870 bits per heavy atom. The smallest absolute Gasteiger partial charge is 0.0598 e. The van der Waals surface area contributed by atoms with Crippen molar-refractivity contribution >= 4 is 0 Å². The van der Waals surface area contributed by atoms with Crippen molar-refractivity contribution in [1.82, 2.24) is 9.80 Å². The van der Waals surface area contributed by atoms with Gasteiger partial charge in [0.1, 0.15) is 0 Å². The first kappa shape index (κ1) is 20.9. The van der Waals surface area contributed by atoms with E-state index in [1.165, 1.54) is 51.7 Å². The largest absolute Gasteiger partial charge is 0.379 e. The van der Waals surface area contributed by atoms with Gasteiger partial charge in [0.25, 0.3) is 0 Å². The van der Waals surface area contributed by atoms with Crippen LogP contribution in [0.4, 0.5) is 0 Å². The minimum absolute atomic E-state index is 0.00200. The zero-order chi connectivity index (χ0) is 17.0. The van der Waals surface area contributed by atoms with E-state index in [2.05, 4.69) is 37.5 Å². The molecule has 0 aromatic rings. The second kappa shape index (κ2) is 12.2. The molecule has 0 N–H and O–H groups in total. The van der Waals surface area contributed by atoms with Crippen molar-refractivity contribution < 1.29 is 9.47 Å². The molecule has 0 aromatic heterocycles. The molecule has 23 heavy (non-hydrogen) atoms. The van der Waals surface area contributed by atoms with Gasteiger partial charge >= 0.3 is 0 Å². The van der Waals surface area contributed by atoms with Gasteiger partial charge in [-0.25, -0.2) is 0 Å². The van der Waals surface area contributed by atoms with Crippen LogP contribution in [-0.2, 0) is 9.47 Å². The molecule has 1 rings (SSSR count). The summed E-state index contributed by atoms with van der Waals surface area (Å²) in [5, 5.41) is 0. The summed E-state index contributed by atoms with van der Waals surface area (Å²) in [6.07, 6.45) is 6.33. The lowest BCUT2D eigenvalue weighted by Gasteiger charge is -2.22. The molecule has 0 atom stereocenters. The van der Waals surface area contributed by atoms with Crippen molar-refractivity contribution in [1.29, 1.82) is 0 Å². The number of likely N-dealkylation sites (N-methyl/N-ethyl adjacent to an activating group) is 1. The van der Waals surface area contributed by atoms with Gasteiger partial charge in [-0.2, -0.15) is 0 Å². The molecule has 1 heterocycles. The Morgan fingerprint density at radius 3 is 2.17 bits per heavy atom. The SMILES string of the molecule is CCN1CCCCN(CCCCCOC(C)(C)C)CCOCC1. The van der Waals surface area contributed by atoms with Crippen molar-refractivity contribution in [3.05, 3.63) is 0 Å². The van der Waals surface area contributed by atoms with Crippen LogP contribution in [0.25, 0.3) is 0 Å². The topological polar surface area (TPSA) is 24.9 Å². The Balaban J connectivity index is 2.14. The van der Waals surface area contributed by atoms with Gasteiger partial charge in [-0.1, -0.05) is 6.92 Å². The lowest BCUT2D eigenvalue weighted by Crippen LogP contribution is -2.30. The number of ether oxygens (including phenoxy) is 2. The van der Waals surface area contributed by atoms with Crippen LogP contribution in [0.15, 0.2) is 0 Å². The highest BCUT2D eigenvalue weighted by atomic mass is 16.5. The normalized spacial score (nSPS) is 20.3. The van der Waals surface area contributed by atoms with Crippen molar-refractivity contribution in [3.8, 4) is 0 Å².